The molecule has 3 rings (SSSR count). The molecular weight excluding hydrogens is 339 g/mol. The number of aromatic nitrogens is 2. The van der Waals surface area contributed by atoms with Gasteiger partial charge in [-0.3, -0.25) is 14.7 Å². The number of nitrogens with one attached hydrogen (secondary N) is 1. The summed E-state index contributed by atoms with van der Waals surface area (Å²) in [6, 6.07) is 10.3. The molecular formula is C16H12F3N3O3. The summed E-state index contributed by atoms with van der Waals surface area (Å²) in [5.41, 5.74) is 2.92. The number of rotatable bonds is 4. The molecule has 0 saturated carbocycles. The molecule has 0 bridgehead atoms. The van der Waals surface area contributed by atoms with Crippen LogP contribution in [0.5, 0.6) is 5.75 Å². The molecule has 0 aliphatic carbocycles. The summed E-state index contributed by atoms with van der Waals surface area (Å²) in [6.45, 7) is 0.183. The molecule has 130 valence electrons. The molecule has 1 heterocycles. The van der Waals surface area contributed by atoms with Crippen molar-refractivity contribution in [3.63, 3.8) is 0 Å². The summed E-state index contributed by atoms with van der Waals surface area (Å²) in [6.07, 6.45) is -3.18. The first-order chi connectivity index (χ1) is 11.9. The number of hydroxylamine groups is 1. The molecule has 0 spiro atoms. The molecule has 6 nitrogen and oxygen atoms in total. The van der Waals surface area contributed by atoms with Crippen LogP contribution in [0.25, 0.3) is 10.9 Å². The summed E-state index contributed by atoms with van der Waals surface area (Å²) in [7, 11) is 0. The van der Waals surface area contributed by atoms with E-state index in [0.29, 0.717) is 11.1 Å². The maximum absolute atomic E-state index is 12.3. The zero-order chi connectivity index (χ0) is 18.0. The summed E-state index contributed by atoms with van der Waals surface area (Å²) in [4.78, 5) is 11.5. The Labute approximate surface area is 139 Å². The largest absolute Gasteiger partial charge is 0.573 e. The van der Waals surface area contributed by atoms with Crippen molar-refractivity contribution in [2.45, 2.75) is 12.9 Å². The maximum Gasteiger partial charge on any atom is 0.573 e. The first-order valence-corrected chi connectivity index (χ1v) is 7.10. The zero-order valence-electron chi connectivity index (χ0n) is 12.6. The SMILES string of the molecule is O=C(NO)c1ccc2cnn(Cc3cccc(OC(F)(F)F)c3)c2c1. The van der Waals surface area contributed by atoms with Crippen molar-refractivity contribution >= 4 is 16.8 Å². The average Bonchev–Trinajstić information content (AvgIpc) is 2.95. The first-order valence-electron chi connectivity index (χ1n) is 7.10. The molecule has 0 saturated heterocycles. The zero-order valence-corrected chi connectivity index (χ0v) is 12.6. The Morgan fingerprint density at radius 3 is 2.76 bits per heavy atom. The topological polar surface area (TPSA) is 76.4 Å². The fourth-order valence-corrected chi connectivity index (χ4v) is 2.42. The molecule has 1 aromatic heterocycles. The second-order valence-electron chi connectivity index (χ2n) is 5.21. The van der Waals surface area contributed by atoms with Crippen molar-refractivity contribution in [1.82, 2.24) is 15.3 Å². The standard InChI is InChI=1S/C16H12F3N3O3/c17-16(18,19)25-13-3-1-2-10(6-13)9-22-14-7-11(15(23)21-24)4-5-12(14)8-20-22/h1-8,24H,9H2,(H,21,23). The molecule has 0 radical (unpaired) electrons. The number of amides is 1. The van der Waals surface area contributed by atoms with Gasteiger partial charge in [0.25, 0.3) is 5.91 Å². The van der Waals surface area contributed by atoms with Gasteiger partial charge >= 0.3 is 6.36 Å². The van der Waals surface area contributed by atoms with E-state index < -0.39 is 12.3 Å². The van der Waals surface area contributed by atoms with E-state index in [1.54, 1.807) is 23.8 Å². The lowest BCUT2D eigenvalue weighted by atomic mass is 10.1. The molecule has 3 aromatic rings. The summed E-state index contributed by atoms with van der Waals surface area (Å²) in [5.74, 6) is -0.989. The fourth-order valence-electron chi connectivity index (χ4n) is 2.42. The maximum atomic E-state index is 12.3. The number of benzene rings is 2. The van der Waals surface area contributed by atoms with Gasteiger partial charge in [-0.25, -0.2) is 5.48 Å². The highest BCUT2D eigenvalue weighted by molar-refractivity contribution is 5.97. The van der Waals surface area contributed by atoms with Crippen LogP contribution in [0.1, 0.15) is 15.9 Å². The van der Waals surface area contributed by atoms with E-state index in [4.69, 9.17) is 5.21 Å². The Morgan fingerprint density at radius 1 is 1.24 bits per heavy atom. The lowest BCUT2D eigenvalue weighted by molar-refractivity contribution is -0.274. The van der Waals surface area contributed by atoms with Gasteiger partial charge in [0.15, 0.2) is 0 Å². The minimum atomic E-state index is -4.76. The smallest absolute Gasteiger partial charge is 0.406 e. The number of alkyl halides is 3. The van der Waals surface area contributed by atoms with Gasteiger partial charge in [0.2, 0.25) is 0 Å². The van der Waals surface area contributed by atoms with Crippen molar-refractivity contribution in [3.8, 4) is 5.75 Å². The molecule has 2 N–H and O–H groups in total. The van der Waals surface area contributed by atoms with Crippen LogP contribution in [0.2, 0.25) is 0 Å². The van der Waals surface area contributed by atoms with Crippen LogP contribution in [0.4, 0.5) is 13.2 Å². The average molecular weight is 351 g/mol. The van der Waals surface area contributed by atoms with Gasteiger partial charge in [0.05, 0.1) is 18.3 Å². The van der Waals surface area contributed by atoms with Gasteiger partial charge in [0.1, 0.15) is 5.75 Å². The van der Waals surface area contributed by atoms with Crippen LogP contribution in [0, 0.1) is 0 Å². The van der Waals surface area contributed by atoms with Gasteiger partial charge in [-0.15, -0.1) is 13.2 Å². The number of carbonyl (C=O) groups excluding carboxylic acids is 1. The summed E-state index contributed by atoms with van der Waals surface area (Å²) in [5, 5.41) is 13.6. The normalized spacial score (nSPS) is 11.5. The third kappa shape index (κ3) is 3.89. The van der Waals surface area contributed by atoms with E-state index in [9.17, 15) is 18.0 Å². The molecule has 9 heteroatoms. The van der Waals surface area contributed by atoms with E-state index in [0.717, 1.165) is 5.39 Å². The summed E-state index contributed by atoms with van der Waals surface area (Å²) < 4.78 is 42.4. The number of halogens is 3. The van der Waals surface area contributed by atoms with Crippen molar-refractivity contribution in [1.29, 1.82) is 0 Å². The summed E-state index contributed by atoms with van der Waals surface area (Å²) >= 11 is 0. The lowest BCUT2D eigenvalue weighted by Gasteiger charge is -2.10. The van der Waals surface area contributed by atoms with Crippen LogP contribution in [0.15, 0.2) is 48.7 Å². The van der Waals surface area contributed by atoms with Crippen LogP contribution < -0.4 is 10.2 Å². The van der Waals surface area contributed by atoms with Gasteiger partial charge in [-0.1, -0.05) is 18.2 Å². The van der Waals surface area contributed by atoms with Gasteiger partial charge < -0.3 is 4.74 Å². The Morgan fingerprint density at radius 2 is 2.04 bits per heavy atom. The van der Waals surface area contributed by atoms with Crippen molar-refractivity contribution in [3.05, 3.63) is 59.8 Å². The van der Waals surface area contributed by atoms with E-state index in [-0.39, 0.29) is 17.9 Å². The molecule has 2 aromatic carbocycles. The minimum Gasteiger partial charge on any atom is -0.406 e. The molecule has 25 heavy (non-hydrogen) atoms. The highest BCUT2D eigenvalue weighted by atomic mass is 19.4. The Balaban J connectivity index is 1.90. The van der Waals surface area contributed by atoms with E-state index in [1.165, 1.54) is 35.0 Å². The molecule has 1 amide bonds. The molecule has 0 aliphatic heterocycles. The number of ether oxygens (including phenoxy) is 1. The highest BCUT2D eigenvalue weighted by Crippen LogP contribution is 2.24. The second kappa shape index (κ2) is 6.44. The highest BCUT2D eigenvalue weighted by Gasteiger charge is 2.31. The van der Waals surface area contributed by atoms with Crippen molar-refractivity contribution in [2.24, 2.45) is 0 Å². The van der Waals surface area contributed by atoms with Crippen LogP contribution >= 0.6 is 0 Å². The third-order valence-electron chi connectivity index (χ3n) is 3.47. The Hall–Kier alpha value is -3.07. The fraction of sp³-hybridized carbons (Fsp3) is 0.125. The molecule has 0 atom stereocenters. The predicted octanol–water partition coefficient (Wildman–Crippen LogP) is 3.10. The van der Waals surface area contributed by atoms with E-state index in [2.05, 4.69) is 9.84 Å². The number of hydrogen-bond acceptors (Lipinski definition) is 4. The van der Waals surface area contributed by atoms with Crippen LogP contribution in [-0.4, -0.2) is 27.3 Å². The predicted molar refractivity (Wildman–Crippen MR) is 81.2 cm³/mol. The second-order valence-corrected chi connectivity index (χ2v) is 5.21. The van der Waals surface area contributed by atoms with Crippen molar-refractivity contribution in [2.75, 3.05) is 0 Å². The van der Waals surface area contributed by atoms with Crippen LogP contribution in [0.3, 0.4) is 0 Å². The van der Waals surface area contributed by atoms with Gasteiger partial charge in [-0.2, -0.15) is 5.10 Å². The first kappa shape index (κ1) is 16.8. The number of fused-ring (bicyclic) bond motifs is 1. The van der Waals surface area contributed by atoms with Crippen molar-refractivity contribution < 1.29 is 27.9 Å². The third-order valence-corrected chi connectivity index (χ3v) is 3.47. The molecule has 0 fully saturated rings. The monoisotopic (exact) mass is 351 g/mol. The van der Waals surface area contributed by atoms with Gasteiger partial charge in [0, 0.05) is 10.9 Å². The molecule has 0 unspecified atom stereocenters. The quantitative estimate of drug-likeness (QED) is 0.559. The van der Waals surface area contributed by atoms with E-state index in [1.807, 2.05) is 0 Å². The Kier molecular flexibility index (Phi) is 4.32. The number of hydrogen-bond donors (Lipinski definition) is 2. The lowest BCUT2D eigenvalue weighted by Crippen LogP contribution is -2.18. The van der Waals surface area contributed by atoms with Crippen LogP contribution in [-0.2, 0) is 6.54 Å². The Bertz CT molecular complexity index is 922. The number of carbonyl (C=O) groups is 1. The minimum absolute atomic E-state index is 0.183. The number of nitrogens with zero attached hydrogens (tertiary/aromatic N) is 2. The molecule has 0 aliphatic rings. The van der Waals surface area contributed by atoms with E-state index >= 15 is 0 Å². The van der Waals surface area contributed by atoms with Gasteiger partial charge in [-0.05, 0) is 29.8 Å².